The summed E-state index contributed by atoms with van der Waals surface area (Å²) in [5.41, 5.74) is 2.23. The number of Topliss-reactive ketones (excluding diaryl/α,β-unsaturated/α-hetero) is 1. The van der Waals surface area contributed by atoms with E-state index in [1.807, 2.05) is 50.2 Å². The molecule has 1 amide bonds. The molecule has 1 unspecified atom stereocenters. The number of rotatable bonds is 8. The minimum atomic E-state index is -0.685. The molecule has 0 saturated carbocycles. The Labute approximate surface area is 188 Å². The number of aliphatic hydroxyl groups excluding tert-OH is 1. The van der Waals surface area contributed by atoms with Crippen molar-refractivity contribution in [3.05, 3.63) is 59.2 Å². The normalized spacial score (nSPS) is 17.5. The summed E-state index contributed by atoms with van der Waals surface area (Å²) in [4.78, 5) is 29.5. The average molecular weight is 439 g/mol. The van der Waals surface area contributed by atoms with E-state index < -0.39 is 17.7 Å². The number of ketones is 1. The van der Waals surface area contributed by atoms with E-state index in [0.29, 0.717) is 23.6 Å². The van der Waals surface area contributed by atoms with Gasteiger partial charge in [-0.3, -0.25) is 9.59 Å². The van der Waals surface area contributed by atoms with Gasteiger partial charge in [-0.15, -0.1) is 0 Å². The Kier molecular flexibility index (Phi) is 7.08. The molecule has 0 spiro atoms. The number of unbranched alkanes of at least 4 members (excludes halogenated alkanes) is 1. The van der Waals surface area contributed by atoms with Crippen molar-refractivity contribution in [2.45, 2.75) is 25.8 Å². The van der Waals surface area contributed by atoms with Gasteiger partial charge in [0.05, 0.1) is 25.8 Å². The van der Waals surface area contributed by atoms with Crippen molar-refractivity contribution in [3.8, 4) is 11.5 Å². The first kappa shape index (κ1) is 23.2. The number of nitrogens with zero attached hydrogens (tertiary/aromatic N) is 2. The molecule has 1 aliphatic heterocycles. The second kappa shape index (κ2) is 9.77. The molecule has 7 nitrogen and oxygen atoms in total. The summed E-state index contributed by atoms with van der Waals surface area (Å²) in [5.74, 6) is -0.589. The molecule has 1 saturated heterocycles. The molecule has 0 radical (unpaired) electrons. The topological polar surface area (TPSA) is 79.3 Å². The first-order valence-corrected chi connectivity index (χ1v) is 10.6. The van der Waals surface area contributed by atoms with Gasteiger partial charge in [-0.25, -0.2) is 0 Å². The van der Waals surface area contributed by atoms with E-state index in [9.17, 15) is 14.7 Å². The molecule has 3 rings (SSSR count). The molecule has 1 N–H and O–H groups in total. The molecule has 1 fully saturated rings. The minimum Gasteiger partial charge on any atom is -0.507 e. The zero-order valence-corrected chi connectivity index (χ0v) is 19.2. The summed E-state index contributed by atoms with van der Waals surface area (Å²) >= 11 is 0. The maximum absolute atomic E-state index is 13.1. The number of aliphatic hydroxyl groups is 1. The quantitative estimate of drug-likeness (QED) is 0.381. The highest BCUT2D eigenvalue weighted by Crippen LogP contribution is 2.41. The summed E-state index contributed by atoms with van der Waals surface area (Å²) in [5, 5.41) is 11.2. The van der Waals surface area contributed by atoms with Crippen molar-refractivity contribution < 1.29 is 24.2 Å². The number of anilines is 1. The molecule has 0 aliphatic carbocycles. The second-order valence-electron chi connectivity index (χ2n) is 7.90. The van der Waals surface area contributed by atoms with Gasteiger partial charge in [-0.05, 0) is 42.3 Å². The van der Waals surface area contributed by atoms with Crippen molar-refractivity contribution in [1.82, 2.24) is 4.90 Å². The van der Waals surface area contributed by atoms with Crippen LogP contribution in [0.4, 0.5) is 5.69 Å². The fraction of sp³-hybridized carbons (Fsp3) is 0.360. The van der Waals surface area contributed by atoms with Crippen LogP contribution in [0, 0.1) is 0 Å². The highest BCUT2D eigenvalue weighted by molar-refractivity contribution is 6.46. The predicted molar refractivity (Wildman–Crippen MR) is 124 cm³/mol. The van der Waals surface area contributed by atoms with Gasteiger partial charge in [0, 0.05) is 31.9 Å². The van der Waals surface area contributed by atoms with E-state index in [2.05, 4.69) is 0 Å². The van der Waals surface area contributed by atoms with Gasteiger partial charge in [0.15, 0.2) is 11.5 Å². The molecule has 170 valence electrons. The van der Waals surface area contributed by atoms with Gasteiger partial charge in [0.2, 0.25) is 0 Å². The smallest absolute Gasteiger partial charge is 0.295 e. The third kappa shape index (κ3) is 4.28. The molecule has 32 heavy (non-hydrogen) atoms. The van der Waals surface area contributed by atoms with Crippen LogP contribution < -0.4 is 14.4 Å². The zero-order chi connectivity index (χ0) is 23.4. The summed E-state index contributed by atoms with van der Waals surface area (Å²) in [6.45, 7) is 2.46. The number of hydrogen-bond donors (Lipinski definition) is 1. The van der Waals surface area contributed by atoms with E-state index in [4.69, 9.17) is 9.47 Å². The molecule has 0 aromatic heterocycles. The first-order chi connectivity index (χ1) is 15.3. The minimum absolute atomic E-state index is 0.0796. The molecule has 1 atom stereocenters. The Bertz CT molecular complexity index is 1030. The average Bonchev–Trinajstić information content (AvgIpc) is 3.06. The molecule has 7 heteroatoms. The van der Waals surface area contributed by atoms with Gasteiger partial charge < -0.3 is 24.4 Å². The predicted octanol–water partition coefficient (Wildman–Crippen LogP) is 3.99. The van der Waals surface area contributed by atoms with Crippen LogP contribution in [-0.4, -0.2) is 56.6 Å². The van der Waals surface area contributed by atoms with Crippen molar-refractivity contribution in [3.63, 3.8) is 0 Å². The summed E-state index contributed by atoms with van der Waals surface area (Å²) in [6.07, 6.45) is 1.64. The lowest BCUT2D eigenvalue weighted by molar-refractivity contribution is -0.139. The Morgan fingerprint density at radius 2 is 1.69 bits per heavy atom. The summed E-state index contributed by atoms with van der Waals surface area (Å²) in [7, 11) is 6.91. The number of carbonyl (C=O) groups excluding carboxylic acids is 2. The van der Waals surface area contributed by atoms with Crippen LogP contribution in [0.3, 0.4) is 0 Å². The Hall–Kier alpha value is -3.48. The van der Waals surface area contributed by atoms with Gasteiger partial charge in [-0.2, -0.15) is 0 Å². The Morgan fingerprint density at radius 3 is 2.25 bits per heavy atom. The van der Waals surface area contributed by atoms with Crippen molar-refractivity contribution in [1.29, 1.82) is 0 Å². The Morgan fingerprint density at radius 1 is 1.03 bits per heavy atom. The van der Waals surface area contributed by atoms with E-state index in [-0.39, 0.29) is 11.3 Å². The number of ether oxygens (including phenoxy) is 2. The SMILES string of the molecule is CCCCN1C(=O)C(=O)/C(=C(\O)c2ccc(OC)c(OC)c2)C1c1ccc(N(C)C)cc1. The lowest BCUT2D eigenvalue weighted by Crippen LogP contribution is -2.30. The number of methoxy groups -OCH3 is 2. The van der Waals surface area contributed by atoms with Crippen molar-refractivity contribution in [2.24, 2.45) is 0 Å². The lowest BCUT2D eigenvalue weighted by atomic mass is 9.95. The van der Waals surface area contributed by atoms with Crippen LogP contribution in [0.5, 0.6) is 11.5 Å². The number of hydrogen-bond acceptors (Lipinski definition) is 6. The molecular formula is C25H30N2O5. The lowest BCUT2D eigenvalue weighted by Gasteiger charge is -2.26. The summed E-state index contributed by atoms with van der Waals surface area (Å²) in [6, 6.07) is 11.9. The number of benzene rings is 2. The molecule has 1 heterocycles. The van der Waals surface area contributed by atoms with Gasteiger partial charge in [0.1, 0.15) is 5.76 Å². The number of carbonyl (C=O) groups is 2. The van der Waals surface area contributed by atoms with Gasteiger partial charge in [-0.1, -0.05) is 25.5 Å². The van der Waals surface area contributed by atoms with Crippen molar-refractivity contribution in [2.75, 3.05) is 39.8 Å². The number of likely N-dealkylation sites (tertiary alicyclic amines) is 1. The highest BCUT2D eigenvalue weighted by Gasteiger charge is 2.45. The van der Waals surface area contributed by atoms with E-state index >= 15 is 0 Å². The van der Waals surface area contributed by atoms with E-state index in [1.54, 1.807) is 23.1 Å². The van der Waals surface area contributed by atoms with Crippen molar-refractivity contribution >= 4 is 23.1 Å². The zero-order valence-electron chi connectivity index (χ0n) is 19.2. The third-order valence-electron chi connectivity index (χ3n) is 5.67. The molecule has 2 aromatic rings. The summed E-state index contributed by atoms with van der Waals surface area (Å²) < 4.78 is 10.6. The van der Waals surface area contributed by atoms with E-state index in [1.165, 1.54) is 14.2 Å². The highest BCUT2D eigenvalue weighted by atomic mass is 16.5. The van der Waals surface area contributed by atoms with Gasteiger partial charge >= 0.3 is 0 Å². The van der Waals surface area contributed by atoms with Crippen LogP contribution >= 0.6 is 0 Å². The molecule has 0 bridgehead atoms. The largest absolute Gasteiger partial charge is 0.507 e. The fourth-order valence-corrected chi connectivity index (χ4v) is 3.88. The molecule has 1 aliphatic rings. The molecule has 2 aromatic carbocycles. The maximum atomic E-state index is 13.1. The third-order valence-corrected chi connectivity index (χ3v) is 5.67. The second-order valence-corrected chi connectivity index (χ2v) is 7.90. The first-order valence-electron chi connectivity index (χ1n) is 10.6. The van der Waals surface area contributed by atoms with Crippen LogP contribution in [0.1, 0.15) is 36.9 Å². The maximum Gasteiger partial charge on any atom is 0.295 e. The Balaban J connectivity index is 2.15. The van der Waals surface area contributed by atoms with Crippen LogP contribution in [0.25, 0.3) is 5.76 Å². The van der Waals surface area contributed by atoms with Crippen LogP contribution in [0.15, 0.2) is 48.0 Å². The standard InChI is InChI=1S/C25H30N2O5/c1-6-7-14-27-22(16-8-11-18(12-9-16)26(2)3)21(24(29)25(27)30)23(28)17-10-13-19(31-4)20(15-17)32-5/h8-13,15,22,28H,6-7,14H2,1-5H3/b23-21-. The number of amides is 1. The van der Waals surface area contributed by atoms with Crippen LogP contribution in [-0.2, 0) is 9.59 Å². The van der Waals surface area contributed by atoms with E-state index in [0.717, 1.165) is 24.1 Å². The fourth-order valence-electron chi connectivity index (χ4n) is 3.88. The van der Waals surface area contributed by atoms with Gasteiger partial charge in [0.25, 0.3) is 11.7 Å². The molecular weight excluding hydrogens is 408 g/mol. The van der Waals surface area contributed by atoms with Crippen LogP contribution in [0.2, 0.25) is 0 Å². The monoisotopic (exact) mass is 438 g/mol.